The van der Waals surface area contributed by atoms with Gasteiger partial charge < -0.3 is 10.2 Å². The van der Waals surface area contributed by atoms with Gasteiger partial charge in [0.15, 0.2) is 0 Å². The predicted molar refractivity (Wildman–Crippen MR) is 166 cm³/mol. The molecule has 0 fully saturated rings. The lowest BCUT2D eigenvalue weighted by Gasteiger charge is -2.34. The van der Waals surface area contributed by atoms with E-state index in [1.165, 1.54) is 35.2 Å². The zero-order chi connectivity index (χ0) is 30.3. The summed E-state index contributed by atoms with van der Waals surface area (Å²) in [4.78, 5) is 28.9. The summed E-state index contributed by atoms with van der Waals surface area (Å²) in [5, 5.41) is 3.70. The summed E-state index contributed by atoms with van der Waals surface area (Å²) in [6.07, 6.45) is 0.998. The lowest BCUT2D eigenvalue weighted by Crippen LogP contribution is -2.53. The Balaban J connectivity index is 2.11. The van der Waals surface area contributed by atoms with E-state index in [1.807, 2.05) is 20.8 Å². The zero-order valence-corrected chi connectivity index (χ0v) is 26.5. The Morgan fingerprint density at radius 3 is 2.17 bits per heavy atom. The Morgan fingerprint density at radius 1 is 0.902 bits per heavy atom. The maximum atomic E-state index is 14.2. The van der Waals surface area contributed by atoms with Crippen LogP contribution in [0.15, 0.2) is 71.6 Å². The SMILES string of the molecule is CC[C@H](C)NC(=O)[C@H](CC)N(Cc1ccccc1Cl)C(=O)CN(c1cc(Cl)ccc1Cl)S(=O)(=O)c1ccc(C)cc1. The molecule has 0 aliphatic heterocycles. The Morgan fingerprint density at radius 2 is 1.56 bits per heavy atom. The van der Waals surface area contributed by atoms with Crippen LogP contribution in [0.1, 0.15) is 44.7 Å². The fraction of sp³-hybridized carbons (Fsp3) is 0.333. The number of amides is 2. The summed E-state index contributed by atoms with van der Waals surface area (Å²) >= 11 is 19.1. The van der Waals surface area contributed by atoms with Gasteiger partial charge in [0.1, 0.15) is 12.6 Å². The normalized spacial score (nSPS) is 12.9. The fourth-order valence-electron chi connectivity index (χ4n) is 4.20. The average molecular weight is 639 g/mol. The standard InChI is InChI=1S/C30H34Cl3N3O4S/c1-5-21(4)34-30(38)27(6-2)35(18-22-9-7-8-10-25(22)32)29(37)19-36(28-17-23(31)13-16-26(28)33)41(39,40)24-14-11-20(3)12-15-24/h7-17,21,27H,5-6,18-19H2,1-4H3,(H,34,38)/t21-,27-/m0/s1. The third kappa shape index (κ3) is 8.16. The van der Waals surface area contributed by atoms with Crippen molar-refractivity contribution in [3.8, 4) is 0 Å². The van der Waals surface area contributed by atoms with E-state index >= 15 is 0 Å². The van der Waals surface area contributed by atoms with Gasteiger partial charge >= 0.3 is 0 Å². The number of aryl methyl sites for hydroxylation is 1. The molecule has 3 aromatic carbocycles. The van der Waals surface area contributed by atoms with Crippen molar-refractivity contribution in [2.75, 3.05) is 10.8 Å². The topological polar surface area (TPSA) is 86.8 Å². The second-order valence-electron chi connectivity index (χ2n) is 9.78. The second kappa shape index (κ2) is 14.4. The molecule has 0 saturated heterocycles. The fourth-order valence-corrected chi connectivity index (χ4v) is 6.25. The minimum atomic E-state index is -4.28. The molecule has 220 valence electrons. The van der Waals surface area contributed by atoms with E-state index < -0.39 is 28.5 Å². The molecule has 2 atom stereocenters. The number of carbonyl (C=O) groups excluding carboxylic acids is 2. The first-order valence-electron chi connectivity index (χ1n) is 13.3. The van der Waals surface area contributed by atoms with E-state index in [9.17, 15) is 18.0 Å². The van der Waals surface area contributed by atoms with E-state index in [0.717, 1.165) is 9.87 Å². The molecule has 0 aromatic heterocycles. The average Bonchev–Trinajstić information content (AvgIpc) is 2.94. The van der Waals surface area contributed by atoms with Crippen LogP contribution in [0, 0.1) is 6.92 Å². The van der Waals surface area contributed by atoms with Crippen molar-refractivity contribution in [2.24, 2.45) is 0 Å². The van der Waals surface area contributed by atoms with E-state index in [4.69, 9.17) is 34.8 Å². The number of sulfonamides is 1. The van der Waals surface area contributed by atoms with Crippen LogP contribution in [0.2, 0.25) is 15.1 Å². The molecule has 41 heavy (non-hydrogen) atoms. The molecule has 1 N–H and O–H groups in total. The second-order valence-corrected chi connectivity index (χ2v) is 12.9. The number of carbonyl (C=O) groups is 2. The number of hydrogen-bond donors (Lipinski definition) is 1. The van der Waals surface area contributed by atoms with Gasteiger partial charge in [-0.25, -0.2) is 8.42 Å². The van der Waals surface area contributed by atoms with Crippen molar-refractivity contribution in [1.82, 2.24) is 10.2 Å². The number of rotatable bonds is 12. The monoisotopic (exact) mass is 637 g/mol. The molecular weight excluding hydrogens is 605 g/mol. The van der Waals surface area contributed by atoms with Crippen LogP contribution in [0.3, 0.4) is 0 Å². The Bertz CT molecular complexity index is 1480. The van der Waals surface area contributed by atoms with Gasteiger partial charge in [-0.1, -0.05) is 84.5 Å². The van der Waals surface area contributed by atoms with Crippen LogP contribution in [-0.2, 0) is 26.2 Å². The summed E-state index contributed by atoms with van der Waals surface area (Å²) in [6, 6.07) is 16.7. The molecule has 0 bridgehead atoms. The van der Waals surface area contributed by atoms with Crippen LogP contribution < -0.4 is 9.62 Å². The molecule has 3 rings (SSSR count). The highest BCUT2D eigenvalue weighted by Gasteiger charge is 2.35. The smallest absolute Gasteiger partial charge is 0.264 e. The third-order valence-corrected chi connectivity index (χ3v) is 9.45. The Hall–Kier alpha value is -2.78. The van der Waals surface area contributed by atoms with E-state index in [0.29, 0.717) is 23.4 Å². The number of nitrogens with one attached hydrogen (secondary N) is 1. The lowest BCUT2D eigenvalue weighted by atomic mass is 10.1. The summed E-state index contributed by atoms with van der Waals surface area (Å²) in [5.74, 6) is -0.946. The number of nitrogens with zero attached hydrogens (tertiary/aromatic N) is 2. The molecule has 11 heteroatoms. The third-order valence-electron chi connectivity index (χ3n) is 6.75. The maximum Gasteiger partial charge on any atom is 0.264 e. The number of hydrogen-bond acceptors (Lipinski definition) is 4. The van der Waals surface area contributed by atoms with Gasteiger partial charge in [-0.3, -0.25) is 13.9 Å². The lowest BCUT2D eigenvalue weighted by molar-refractivity contribution is -0.140. The van der Waals surface area contributed by atoms with Crippen LogP contribution in [0.5, 0.6) is 0 Å². The van der Waals surface area contributed by atoms with Crippen LogP contribution in [0.25, 0.3) is 0 Å². The Kier molecular flexibility index (Phi) is 11.5. The predicted octanol–water partition coefficient (Wildman–Crippen LogP) is 6.87. The number of anilines is 1. The summed E-state index contributed by atoms with van der Waals surface area (Å²) < 4.78 is 28.9. The largest absolute Gasteiger partial charge is 0.352 e. The van der Waals surface area contributed by atoms with E-state index in [1.54, 1.807) is 43.3 Å². The van der Waals surface area contributed by atoms with E-state index in [2.05, 4.69) is 5.32 Å². The summed E-state index contributed by atoms with van der Waals surface area (Å²) in [6.45, 7) is 6.82. The first-order valence-corrected chi connectivity index (χ1v) is 15.8. The van der Waals surface area contributed by atoms with Gasteiger partial charge in [-0.05, 0) is 68.7 Å². The quantitative estimate of drug-likeness (QED) is 0.235. The van der Waals surface area contributed by atoms with Crippen molar-refractivity contribution < 1.29 is 18.0 Å². The summed E-state index contributed by atoms with van der Waals surface area (Å²) in [5.41, 5.74) is 1.53. The molecule has 3 aromatic rings. The molecular formula is C30H34Cl3N3O4S. The maximum absolute atomic E-state index is 14.2. The minimum absolute atomic E-state index is 0.00730. The number of benzene rings is 3. The molecule has 0 saturated carbocycles. The van der Waals surface area contributed by atoms with Gasteiger partial charge in [0, 0.05) is 22.6 Å². The highest BCUT2D eigenvalue weighted by molar-refractivity contribution is 7.92. The Labute approximate surface area is 257 Å². The van der Waals surface area contributed by atoms with Gasteiger partial charge in [0.05, 0.1) is 15.6 Å². The zero-order valence-electron chi connectivity index (χ0n) is 23.4. The molecule has 7 nitrogen and oxygen atoms in total. The molecule has 2 amide bonds. The van der Waals surface area contributed by atoms with Gasteiger partial charge in [-0.2, -0.15) is 0 Å². The molecule has 0 aliphatic rings. The van der Waals surface area contributed by atoms with Crippen molar-refractivity contribution in [1.29, 1.82) is 0 Å². The molecule has 0 radical (unpaired) electrons. The number of halogens is 3. The first-order chi connectivity index (χ1) is 19.4. The van der Waals surface area contributed by atoms with Gasteiger partial charge in [0.2, 0.25) is 11.8 Å². The van der Waals surface area contributed by atoms with Gasteiger partial charge in [0.25, 0.3) is 10.0 Å². The van der Waals surface area contributed by atoms with Crippen LogP contribution >= 0.6 is 34.8 Å². The van der Waals surface area contributed by atoms with Gasteiger partial charge in [-0.15, -0.1) is 0 Å². The molecule has 0 unspecified atom stereocenters. The van der Waals surface area contributed by atoms with Crippen LogP contribution in [0.4, 0.5) is 5.69 Å². The van der Waals surface area contributed by atoms with Crippen molar-refractivity contribution >= 4 is 62.3 Å². The molecule has 0 aliphatic carbocycles. The highest BCUT2D eigenvalue weighted by atomic mass is 35.5. The van der Waals surface area contributed by atoms with Crippen molar-refractivity contribution in [2.45, 2.75) is 64.1 Å². The van der Waals surface area contributed by atoms with Crippen LogP contribution in [-0.4, -0.2) is 43.8 Å². The first kappa shape index (κ1) is 32.7. The van der Waals surface area contributed by atoms with E-state index in [-0.39, 0.29) is 39.1 Å². The van der Waals surface area contributed by atoms with Crippen molar-refractivity contribution in [3.05, 3.63) is 92.9 Å². The summed E-state index contributed by atoms with van der Waals surface area (Å²) in [7, 11) is -4.28. The minimum Gasteiger partial charge on any atom is -0.352 e. The van der Waals surface area contributed by atoms with Crippen molar-refractivity contribution in [3.63, 3.8) is 0 Å². The molecule has 0 spiro atoms. The highest BCUT2D eigenvalue weighted by Crippen LogP contribution is 2.33. The molecule has 0 heterocycles.